The fourth-order valence-electron chi connectivity index (χ4n) is 4.30. The van der Waals surface area contributed by atoms with Gasteiger partial charge in [-0.2, -0.15) is 0 Å². The quantitative estimate of drug-likeness (QED) is 0.465. The Morgan fingerprint density at radius 1 is 1.17 bits per heavy atom. The Hall–Kier alpha value is -2.10. The second-order valence-electron chi connectivity index (χ2n) is 9.02. The van der Waals surface area contributed by atoms with Crippen molar-refractivity contribution >= 4 is 55.1 Å². The van der Waals surface area contributed by atoms with E-state index in [4.69, 9.17) is 11.6 Å². The van der Waals surface area contributed by atoms with Gasteiger partial charge in [-0.1, -0.05) is 52.5 Å². The maximum Gasteiger partial charge on any atom is 0.244 e. The van der Waals surface area contributed by atoms with Gasteiger partial charge in [-0.3, -0.25) is 13.9 Å². The molecule has 7 nitrogen and oxygen atoms in total. The van der Waals surface area contributed by atoms with Gasteiger partial charge in [0.1, 0.15) is 12.6 Å². The van der Waals surface area contributed by atoms with E-state index in [2.05, 4.69) is 21.2 Å². The molecule has 0 radical (unpaired) electrons. The minimum atomic E-state index is -3.79. The highest BCUT2D eigenvalue weighted by Crippen LogP contribution is 2.26. The predicted octanol–water partition coefficient (Wildman–Crippen LogP) is 4.65. The number of nitrogens with one attached hydrogen (secondary N) is 1. The van der Waals surface area contributed by atoms with Crippen LogP contribution in [0.4, 0.5) is 5.69 Å². The first-order valence-electron chi connectivity index (χ1n) is 11.5. The van der Waals surface area contributed by atoms with Crippen LogP contribution in [0, 0.1) is 6.92 Å². The van der Waals surface area contributed by atoms with E-state index in [0.29, 0.717) is 16.3 Å². The fourth-order valence-corrected chi connectivity index (χ4v) is 5.88. The van der Waals surface area contributed by atoms with Gasteiger partial charge >= 0.3 is 0 Å². The third kappa shape index (κ3) is 7.44. The smallest absolute Gasteiger partial charge is 0.244 e. The van der Waals surface area contributed by atoms with Crippen molar-refractivity contribution in [2.24, 2.45) is 0 Å². The number of hydrogen-bond acceptors (Lipinski definition) is 4. The molecule has 0 bridgehead atoms. The topological polar surface area (TPSA) is 86.8 Å². The summed E-state index contributed by atoms with van der Waals surface area (Å²) in [5.41, 5.74) is 1.82. The molecular weight excluding hydrogens is 554 g/mol. The summed E-state index contributed by atoms with van der Waals surface area (Å²) in [4.78, 5) is 28.2. The minimum absolute atomic E-state index is 0.108. The zero-order valence-corrected chi connectivity index (χ0v) is 23.3. The molecule has 3 rings (SSSR count). The van der Waals surface area contributed by atoms with Gasteiger partial charge in [-0.05, 0) is 68.1 Å². The Balaban J connectivity index is 1.90. The molecule has 10 heteroatoms. The largest absolute Gasteiger partial charge is 0.352 e. The fraction of sp³-hybridized carbons (Fsp3) is 0.440. The molecule has 0 aliphatic heterocycles. The zero-order valence-electron chi connectivity index (χ0n) is 20.1. The van der Waals surface area contributed by atoms with E-state index in [1.54, 1.807) is 32.0 Å². The van der Waals surface area contributed by atoms with Crippen LogP contribution in [-0.4, -0.2) is 50.0 Å². The van der Waals surface area contributed by atoms with Gasteiger partial charge in [0.05, 0.1) is 11.9 Å². The molecule has 0 heterocycles. The van der Waals surface area contributed by atoms with Gasteiger partial charge in [0.15, 0.2) is 0 Å². The molecule has 0 spiro atoms. The molecule has 2 amide bonds. The highest BCUT2D eigenvalue weighted by atomic mass is 79.9. The SMILES string of the molecule is Cc1cc(Cl)ccc1N(CC(=O)N(Cc1cccc(Br)c1)[C@H](C)C(=O)NC1CCCC1)S(C)(=O)=O. The van der Waals surface area contributed by atoms with Crippen LogP contribution in [0.1, 0.15) is 43.7 Å². The number of carbonyl (C=O) groups excluding carboxylic acids is 2. The highest BCUT2D eigenvalue weighted by molar-refractivity contribution is 9.10. The van der Waals surface area contributed by atoms with Crippen molar-refractivity contribution in [3.05, 3.63) is 63.1 Å². The van der Waals surface area contributed by atoms with Crippen LogP contribution in [0.15, 0.2) is 46.9 Å². The lowest BCUT2D eigenvalue weighted by Crippen LogP contribution is -2.52. The molecule has 1 fully saturated rings. The van der Waals surface area contributed by atoms with Crippen LogP contribution in [0.25, 0.3) is 0 Å². The van der Waals surface area contributed by atoms with E-state index in [9.17, 15) is 18.0 Å². The second-order valence-corrected chi connectivity index (χ2v) is 12.3. The molecule has 0 saturated heterocycles. The number of carbonyl (C=O) groups is 2. The van der Waals surface area contributed by atoms with Gasteiger partial charge in [-0.25, -0.2) is 8.42 Å². The van der Waals surface area contributed by atoms with Crippen LogP contribution in [-0.2, 0) is 26.2 Å². The van der Waals surface area contributed by atoms with Crippen LogP contribution in [0.3, 0.4) is 0 Å². The molecule has 2 aromatic carbocycles. The van der Waals surface area contributed by atoms with Crippen LogP contribution in [0.2, 0.25) is 5.02 Å². The summed E-state index contributed by atoms with van der Waals surface area (Å²) in [5, 5.41) is 3.52. The van der Waals surface area contributed by atoms with Crippen LogP contribution in [0.5, 0.6) is 0 Å². The molecule has 1 aliphatic rings. The number of rotatable bonds is 9. The first-order chi connectivity index (χ1) is 16.5. The molecule has 1 saturated carbocycles. The number of benzene rings is 2. The molecule has 0 aromatic heterocycles. The van der Waals surface area contributed by atoms with E-state index in [1.807, 2.05) is 24.3 Å². The monoisotopic (exact) mass is 583 g/mol. The third-order valence-electron chi connectivity index (χ3n) is 6.22. The van der Waals surface area contributed by atoms with Crippen LogP contribution >= 0.6 is 27.5 Å². The summed E-state index contributed by atoms with van der Waals surface area (Å²) in [7, 11) is -3.79. The van der Waals surface area contributed by atoms with Crippen molar-refractivity contribution in [3.63, 3.8) is 0 Å². The van der Waals surface area contributed by atoms with E-state index in [0.717, 1.165) is 46.3 Å². The number of aryl methyl sites for hydroxylation is 1. The van der Waals surface area contributed by atoms with Gasteiger partial charge in [0, 0.05) is 22.1 Å². The van der Waals surface area contributed by atoms with Crippen molar-refractivity contribution < 1.29 is 18.0 Å². The summed E-state index contributed by atoms with van der Waals surface area (Å²) in [6, 6.07) is 11.6. The standard InChI is InChI=1S/C25H31BrClN3O4S/c1-17-13-21(27)11-12-23(17)30(35(3,33)34)16-24(31)29(15-19-7-6-8-20(26)14-19)18(2)25(32)28-22-9-4-5-10-22/h6-8,11-14,18,22H,4-5,9-10,15-16H2,1-3H3,(H,28,32)/t18-/m1/s1. The number of anilines is 1. The Bertz CT molecular complexity index is 1180. The maximum atomic E-state index is 13.6. The summed E-state index contributed by atoms with van der Waals surface area (Å²) in [6.07, 6.45) is 5.06. The number of sulfonamides is 1. The van der Waals surface area contributed by atoms with Gasteiger partial charge in [-0.15, -0.1) is 0 Å². The molecule has 1 atom stereocenters. The van der Waals surface area contributed by atoms with Crippen molar-refractivity contribution in [3.8, 4) is 0 Å². The Morgan fingerprint density at radius 3 is 2.46 bits per heavy atom. The van der Waals surface area contributed by atoms with Crippen molar-refractivity contribution in [1.82, 2.24) is 10.2 Å². The molecular formula is C25H31BrClN3O4S. The highest BCUT2D eigenvalue weighted by Gasteiger charge is 2.31. The second kappa shape index (κ2) is 11.8. The van der Waals surface area contributed by atoms with E-state index in [1.165, 1.54) is 4.90 Å². The average Bonchev–Trinajstić information content (AvgIpc) is 3.28. The summed E-state index contributed by atoms with van der Waals surface area (Å²) >= 11 is 9.49. The van der Waals surface area contributed by atoms with Gasteiger partial charge in [0.25, 0.3) is 0 Å². The number of halogens is 2. The van der Waals surface area contributed by atoms with Crippen LogP contribution < -0.4 is 9.62 Å². The third-order valence-corrected chi connectivity index (χ3v) is 8.07. The lowest BCUT2D eigenvalue weighted by molar-refractivity contribution is -0.139. The minimum Gasteiger partial charge on any atom is -0.352 e. The number of nitrogens with zero attached hydrogens (tertiary/aromatic N) is 2. The number of hydrogen-bond donors (Lipinski definition) is 1. The molecule has 190 valence electrons. The average molecular weight is 585 g/mol. The molecule has 35 heavy (non-hydrogen) atoms. The Morgan fingerprint density at radius 2 is 1.86 bits per heavy atom. The lowest BCUT2D eigenvalue weighted by Gasteiger charge is -2.32. The first-order valence-corrected chi connectivity index (χ1v) is 14.6. The molecule has 2 aromatic rings. The summed E-state index contributed by atoms with van der Waals surface area (Å²) < 4.78 is 27.3. The summed E-state index contributed by atoms with van der Waals surface area (Å²) in [6.45, 7) is 3.14. The predicted molar refractivity (Wildman–Crippen MR) is 143 cm³/mol. The zero-order chi connectivity index (χ0) is 25.8. The van der Waals surface area contributed by atoms with Gasteiger partial charge < -0.3 is 10.2 Å². The maximum absolute atomic E-state index is 13.6. The molecule has 1 aliphatic carbocycles. The molecule has 1 N–H and O–H groups in total. The Labute approximate surface area is 221 Å². The van der Waals surface area contributed by atoms with Crippen molar-refractivity contribution in [2.75, 3.05) is 17.1 Å². The van der Waals surface area contributed by atoms with E-state index >= 15 is 0 Å². The number of amides is 2. The molecule has 0 unspecified atom stereocenters. The first kappa shape index (κ1) is 27.5. The van der Waals surface area contributed by atoms with Crippen molar-refractivity contribution in [1.29, 1.82) is 0 Å². The van der Waals surface area contributed by atoms with Crippen molar-refractivity contribution in [2.45, 2.75) is 58.2 Å². The van der Waals surface area contributed by atoms with E-state index < -0.39 is 28.5 Å². The normalized spacial score (nSPS) is 15.0. The van der Waals surface area contributed by atoms with E-state index in [-0.39, 0.29) is 18.5 Å². The summed E-state index contributed by atoms with van der Waals surface area (Å²) in [5.74, 6) is -0.715. The van der Waals surface area contributed by atoms with Gasteiger partial charge in [0.2, 0.25) is 21.8 Å². The lowest BCUT2D eigenvalue weighted by atomic mass is 10.1. The Kier molecular flexibility index (Phi) is 9.23.